The highest BCUT2D eigenvalue weighted by atomic mass is 16.6. The number of methoxy groups -OCH3 is 1. The number of rotatable bonds is 4. The molecule has 1 amide bonds. The highest BCUT2D eigenvalue weighted by molar-refractivity contribution is 5.74. The van der Waals surface area contributed by atoms with Gasteiger partial charge in [0.2, 0.25) is 12.2 Å². The van der Waals surface area contributed by atoms with Crippen LogP contribution in [-0.4, -0.2) is 23.7 Å². The lowest BCUT2D eigenvalue weighted by atomic mass is 10.2. The number of hydrogen-bond acceptors (Lipinski definition) is 5. The standard InChI is InChI=1S/C10H9N3O3/c1-15-10-12-9(13-16-10)7-3-2-4-8(5-7)11-6-14/h2-6H,1H3,(H,11,14). The molecule has 0 spiro atoms. The number of benzene rings is 1. The van der Waals surface area contributed by atoms with E-state index in [1.54, 1.807) is 24.3 Å². The Balaban J connectivity index is 2.32. The maximum atomic E-state index is 10.3. The van der Waals surface area contributed by atoms with Crippen LogP contribution in [0.25, 0.3) is 11.4 Å². The number of aromatic nitrogens is 2. The van der Waals surface area contributed by atoms with Gasteiger partial charge in [0.05, 0.1) is 7.11 Å². The SMILES string of the molecule is COc1nc(-c2cccc(NC=O)c2)no1. The van der Waals surface area contributed by atoms with Gasteiger partial charge in [0.25, 0.3) is 0 Å². The molecular weight excluding hydrogens is 210 g/mol. The largest absolute Gasteiger partial charge is 0.452 e. The van der Waals surface area contributed by atoms with Crippen LogP contribution in [0.4, 0.5) is 5.69 Å². The van der Waals surface area contributed by atoms with Gasteiger partial charge < -0.3 is 10.1 Å². The maximum Gasteiger partial charge on any atom is 0.417 e. The molecule has 1 N–H and O–H groups in total. The number of ether oxygens (including phenoxy) is 1. The van der Waals surface area contributed by atoms with Gasteiger partial charge in [-0.25, -0.2) is 0 Å². The summed E-state index contributed by atoms with van der Waals surface area (Å²) in [6.07, 6.45) is 0.708. The molecule has 6 nitrogen and oxygen atoms in total. The third-order valence-electron chi connectivity index (χ3n) is 1.93. The van der Waals surface area contributed by atoms with Crippen molar-refractivity contribution in [2.45, 2.75) is 0 Å². The number of amides is 1. The summed E-state index contributed by atoms with van der Waals surface area (Å²) < 4.78 is 9.58. The Morgan fingerprint density at radius 3 is 3.06 bits per heavy atom. The van der Waals surface area contributed by atoms with E-state index < -0.39 is 0 Å². The zero-order chi connectivity index (χ0) is 11.4. The van der Waals surface area contributed by atoms with Crippen molar-refractivity contribution in [1.29, 1.82) is 0 Å². The number of anilines is 1. The maximum absolute atomic E-state index is 10.3. The summed E-state index contributed by atoms with van der Waals surface area (Å²) in [6, 6.07) is 7.08. The molecule has 0 radical (unpaired) electrons. The van der Waals surface area contributed by atoms with Gasteiger partial charge in [-0.1, -0.05) is 17.3 Å². The summed E-state index contributed by atoms with van der Waals surface area (Å²) in [5, 5.41) is 6.27. The number of nitrogens with zero attached hydrogens (tertiary/aromatic N) is 2. The van der Waals surface area contributed by atoms with E-state index in [-0.39, 0.29) is 6.08 Å². The third kappa shape index (κ3) is 2.00. The molecule has 0 unspecified atom stereocenters. The van der Waals surface area contributed by atoms with E-state index in [0.717, 1.165) is 5.56 Å². The van der Waals surface area contributed by atoms with Crippen LogP contribution < -0.4 is 10.1 Å². The van der Waals surface area contributed by atoms with Crippen molar-refractivity contribution in [3.05, 3.63) is 24.3 Å². The lowest BCUT2D eigenvalue weighted by Crippen LogP contribution is -1.93. The van der Waals surface area contributed by atoms with Gasteiger partial charge in [-0.2, -0.15) is 4.98 Å². The fourth-order valence-electron chi connectivity index (χ4n) is 1.23. The van der Waals surface area contributed by atoms with E-state index in [1.165, 1.54) is 7.11 Å². The molecule has 6 heteroatoms. The molecule has 0 aliphatic carbocycles. The average molecular weight is 219 g/mol. The van der Waals surface area contributed by atoms with Crippen molar-refractivity contribution in [3.63, 3.8) is 0 Å². The van der Waals surface area contributed by atoms with Crippen LogP contribution >= 0.6 is 0 Å². The molecule has 16 heavy (non-hydrogen) atoms. The Labute approximate surface area is 91.2 Å². The zero-order valence-corrected chi connectivity index (χ0v) is 8.51. The number of carbonyl (C=O) groups is 1. The monoisotopic (exact) mass is 219 g/mol. The fourth-order valence-corrected chi connectivity index (χ4v) is 1.23. The van der Waals surface area contributed by atoms with E-state index >= 15 is 0 Å². The Morgan fingerprint density at radius 1 is 1.50 bits per heavy atom. The van der Waals surface area contributed by atoms with Crippen LogP contribution in [0.2, 0.25) is 0 Å². The molecule has 0 atom stereocenters. The second kappa shape index (κ2) is 4.43. The van der Waals surface area contributed by atoms with E-state index in [9.17, 15) is 4.79 Å². The molecule has 82 valence electrons. The van der Waals surface area contributed by atoms with Gasteiger partial charge in [0.1, 0.15) is 0 Å². The van der Waals surface area contributed by atoms with Crippen LogP contribution in [0.15, 0.2) is 28.8 Å². The molecule has 1 aromatic carbocycles. The second-order valence-corrected chi connectivity index (χ2v) is 2.93. The van der Waals surface area contributed by atoms with Gasteiger partial charge in [0.15, 0.2) is 0 Å². The first-order valence-electron chi connectivity index (χ1n) is 4.52. The fraction of sp³-hybridized carbons (Fsp3) is 0.100. The van der Waals surface area contributed by atoms with Crippen molar-refractivity contribution in [2.75, 3.05) is 12.4 Å². The van der Waals surface area contributed by atoms with Crippen LogP contribution in [0.5, 0.6) is 6.08 Å². The third-order valence-corrected chi connectivity index (χ3v) is 1.93. The second-order valence-electron chi connectivity index (χ2n) is 2.93. The minimum Gasteiger partial charge on any atom is -0.452 e. The molecule has 0 aliphatic rings. The molecular formula is C10H9N3O3. The molecule has 0 aliphatic heterocycles. The van der Waals surface area contributed by atoms with E-state index in [2.05, 4.69) is 15.5 Å². The minimum absolute atomic E-state index is 0.101. The first-order valence-corrected chi connectivity index (χ1v) is 4.52. The lowest BCUT2D eigenvalue weighted by Gasteiger charge is -1.99. The summed E-state index contributed by atoms with van der Waals surface area (Å²) in [6.45, 7) is 0. The Bertz CT molecular complexity index is 496. The van der Waals surface area contributed by atoms with Crippen molar-refractivity contribution in [3.8, 4) is 17.5 Å². The first-order chi connectivity index (χ1) is 7.83. The number of carbonyl (C=O) groups excluding carboxylic acids is 1. The summed E-state index contributed by atoms with van der Waals surface area (Å²) in [5.41, 5.74) is 1.40. The molecule has 2 rings (SSSR count). The predicted octanol–water partition coefficient (Wildman–Crippen LogP) is 1.31. The number of hydrogen-bond donors (Lipinski definition) is 1. The normalized spacial score (nSPS) is 9.81. The van der Waals surface area contributed by atoms with Gasteiger partial charge in [-0.05, 0) is 12.1 Å². The van der Waals surface area contributed by atoms with Crippen LogP contribution in [0.3, 0.4) is 0 Å². The summed E-state index contributed by atoms with van der Waals surface area (Å²) >= 11 is 0. The van der Waals surface area contributed by atoms with Gasteiger partial charge in [0, 0.05) is 11.3 Å². The summed E-state index contributed by atoms with van der Waals surface area (Å²) in [5.74, 6) is 0.409. The quantitative estimate of drug-likeness (QED) is 0.784. The van der Waals surface area contributed by atoms with Crippen molar-refractivity contribution < 1.29 is 14.1 Å². The summed E-state index contributed by atoms with van der Waals surface area (Å²) in [4.78, 5) is 14.3. The van der Waals surface area contributed by atoms with Gasteiger partial charge in [-0.15, -0.1) is 0 Å². The van der Waals surface area contributed by atoms with Crippen LogP contribution in [0.1, 0.15) is 0 Å². The minimum atomic E-state index is 0.101. The topological polar surface area (TPSA) is 77.2 Å². The molecule has 0 saturated carbocycles. The predicted molar refractivity (Wildman–Crippen MR) is 56.0 cm³/mol. The van der Waals surface area contributed by atoms with E-state index in [1.807, 2.05) is 0 Å². The molecule has 2 aromatic rings. The smallest absolute Gasteiger partial charge is 0.417 e. The Hall–Kier alpha value is -2.37. The highest BCUT2D eigenvalue weighted by Gasteiger charge is 2.08. The Morgan fingerprint density at radius 2 is 2.38 bits per heavy atom. The molecule has 1 heterocycles. The Kier molecular flexibility index (Phi) is 2.81. The first kappa shape index (κ1) is 10.2. The van der Waals surface area contributed by atoms with Gasteiger partial charge in [-0.3, -0.25) is 9.32 Å². The average Bonchev–Trinajstić information content (AvgIpc) is 2.78. The van der Waals surface area contributed by atoms with E-state index in [4.69, 9.17) is 9.26 Å². The molecule has 0 fully saturated rings. The summed E-state index contributed by atoms with van der Waals surface area (Å²) in [7, 11) is 1.45. The van der Waals surface area contributed by atoms with Crippen molar-refractivity contribution in [2.24, 2.45) is 0 Å². The van der Waals surface area contributed by atoms with Gasteiger partial charge >= 0.3 is 6.08 Å². The lowest BCUT2D eigenvalue weighted by molar-refractivity contribution is -0.105. The van der Waals surface area contributed by atoms with E-state index in [0.29, 0.717) is 17.9 Å². The van der Waals surface area contributed by atoms with Crippen molar-refractivity contribution >= 4 is 12.1 Å². The number of nitrogens with one attached hydrogen (secondary N) is 1. The molecule has 1 aromatic heterocycles. The van der Waals surface area contributed by atoms with Crippen LogP contribution in [0, 0.1) is 0 Å². The molecule has 0 bridgehead atoms. The van der Waals surface area contributed by atoms with Crippen molar-refractivity contribution in [1.82, 2.24) is 10.1 Å². The molecule has 0 saturated heterocycles. The zero-order valence-electron chi connectivity index (χ0n) is 8.51. The highest BCUT2D eigenvalue weighted by Crippen LogP contribution is 2.21. The van der Waals surface area contributed by atoms with Crippen LogP contribution in [-0.2, 0) is 4.79 Å².